The molecule has 0 bridgehead atoms. The van der Waals surface area contributed by atoms with Gasteiger partial charge in [-0.1, -0.05) is 32.0 Å². The summed E-state index contributed by atoms with van der Waals surface area (Å²) in [6, 6.07) is 11.2. The number of pyridine rings is 1. The lowest BCUT2D eigenvalue weighted by atomic mass is 9.96. The van der Waals surface area contributed by atoms with Gasteiger partial charge >= 0.3 is 0 Å². The van der Waals surface area contributed by atoms with Crippen LogP contribution in [0, 0.1) is 11.3 Å². The summed E-state index contributed by atoms with van der Waals surface area (Å²) in [6.07, 6.45) is 3.17. The number of nitrogens with zero attached hydrogens (tertiary/aromatic N) is 1. The lowest BCUT2D eigenvalue weighted by molar-refractivity contribution is 0.441. The van der Waals surface area contributed by atoms with Gasteiger partial charge in [0.05, 0.1) is 5.52 Å². The Hall–Kier alpha value is -1.41. The van der Waals surface area contributed by atoms with Gasteiger partial charge in [0.15, 0.2) is 0 Å². The van der Waals surface area contributed by atoms with Crippen molar-refractivity contribution in [3.05, 3.63) is 42.1 Å². The van der Waals surface area contributed by atoms with E-state index in [1.807, 2.05) is 12.3 Å². The van der Waals surface area contributed by atoms with E-state index in [0.29, 0.717) is 11.5 Å². The molecule has 1 heterocycles. The summed E-state index contributed by atoms with van der Waals surface area (Å²) in [5.41, 5.74) is 2.93. The van der Waals surface area contributed by atoms with Gasteiger partial charge in [-0.3, -0.25) is 4.98 Å². The van der Waals surface area contributed by atoms with E-state index in [0.717, 1.165) is 11.4 Å². The van der Waals surface area contributed by atoms with Gasteiger partial charge in [-0.05, 0) is 42.5 Å². The molecule has 0 spiro atoms. The number of rotatable bonds is 3. The van der Waals surface area contributed by atoms with Crippen LogP contribution in [0.5, 0.6) is 0 Å². The molecule has 0 radical (unpaired) electrons. The van der Waals surface area contributed by atoms with Gasteiger partial charge in [-0.25, -0.2) is 0 Å². The van der Waals surface area contributed by atoms with Crippen molar-refractivity contribution in [3.63, 3.8) is 0 Å². The van der Waals surface area contributed by atoms with Gasteiger partial charge in [0.2, 0.25) is 0 Å². The maximum atomic E-state index is 4.45. The van der Waals surface area contributed by atoms with E-state index in [1.54, 1.807) is 0 Å². The van der Waals surface area contributed by atoms with Crippen molar-refractivity contribution in [2.75, 3.05) is 7.05 Å². The first kappa shape index (κ1) is 11.7. The molecule has 0 amide bonds. The number of benzene rings is 1. The molecular weight excluding hydrogens is 220 g/mol. The van der Waals surface area contributed by atoms with Gasteiger partial charge in [0, 0.05) is 17.6 Å². The second-order valence-electron chi connectivity index (χ2n) is 6.02. The van der Waals surface area contributed by atoms with Gasteiger partial charge in [0.25, 0.3) is 0 Å². The Bertz CT molecular complexity index is 574. The van der Waals surface area contributed by atoms with E-state index < -0.39 is 0 Å². The monoisotopic (exact) mass is 240 g/mol. The molecule has 1 aliphatic rings. The van der Waals surface area contributed by atoms with Crippen LogP contribution in [0.15, 0.2) is 36.5 Å². The highest BCUT2D eigenvalue weighted by Crippen LogP contribution is 2.57. The van der Waals surface area contributed by atoms with Crippen molar-refractivity contribution >= 4 is 10.9 Å². The summed E-state index contributed by atoms with van der Waals surface area (Å²) < 4.78 is 0. The number of aromatic nitrogens is 1. The molecule has 1 aliphatic carbocycles. The van der Waals surface area contributed by atoms with Crippen LogP contribution >= 0.6 is 0 Å². The van der Waals surface area contributed by atoms with Crippen molar-refractivity contribution in [1.29, 1.82) is 0 Å². The van der Waals surface area contributed by atoms with Crippen LogP contribution in [0.3, 0.4) is 0 Å². The maximum Gasteiger partial charge on any atom is 0.0705 e. The number of nitrogens with one attached hydrogen (secondary N) is 1. The second kappa shape index (κ2) is 4.06. The Balaban J connectivity index is 1.98. The fraction of sp³-hybridized carbons (Fsp3) is 0.438. The molecule has 18 heavy (non-hydrogen) atoms. The Kier molecular flexibility index (Phi) is 2.63. The predicted octanol–water partition coefficient (Wildman–Crippen LogP) is 3.54. The fourth-order valence-electron chi connectivity index (χ4n) is 2.95. The highest BCUT2D eigenvalue weighted by Gasteiger charge is 2.50. The first-order valence-electron chi connectivity index (χ1n) is 6.64. The standard InChI is InChI=1S/C16H20N2/c1-16(2)10-13(16)15(17-3)12-7-6-11-5-4-8-18-14(11)9-12/h4-9,13,15,17H,10H2,1-3H3. The van der Waals surface area contributed by atoms with Crippen molar-refractivity contribution in [1.82, 2.24) is 10.3 Å². The first-order chi connectivity index (χ1) is 8.62. The summed E-state index contributed by atoms with van der Waals surface area (Å²) in [4.78, 5) is 4.45. The largest absolute Gasteiger partial charge is 0.313 e. The highest BCUT2D eigenvalue weighted by atomic mass is 14.9. The zero-order valence-corrected chi connectivity index (χ0v) is 11.3. The van der Waals surface area contributed by atoms with Crippen LogP contribution in [0.4, 0.5) is 0 Å². The topological polar surface area (TPSA) is 24.9 Å². The van der Waals surface area contributed by atoms with Gasteiger partial charge in [0.1, 0.15) is 0 Å². The van der Waals surface area contributed by atoms with E-state index in [1.165, 1.54) is 17.4 Å². The van der Waals surface area contributed by atoms with Gasteiger partial charge in [-0.2, -0.15) is 0 Å². The highest BCUT2D eigenvalue weighted by molar-refractivity contribution is 5.79. The van der Waals surface area contributed by atoms with E-state index in [4.69, 9.17) is 0 Å². The van der Waals surface area contributed by atoms with Crippen LogP contribution in [0.1, 0.15) is 31.9 Å². The third-order valence-corrected chi connectivity index (χ3v) is 4.29. The fourth-order valence-corrected chi connectivity index (χ4v) is 2.95. The minimum atomic E-state index is 0.450. The number of hydrogen-bond donors (Lipinski definition) is 1. The third kappa shape index (κ3) is 1.91. The maximum absolute atomic E-state index is 4.45. The van der Waals surface area contributed by atoms with E-state index in [2.05, 4.69) is 55.5 Å². The van der Waals surface area contributed by atoms with E-state index in [-0.39, 0.29) is 0 Å². The van der Waals surface area contributed by atoms with Crippen LogP contribution in [0.2, 0.25) is 0 Å². The molecule has 3 rings (SSSR count). The molecule has 2 aromatic rings. The quantitative estimate of drug-likeness (QED) is 0.887. The smallest absolute Gasteiger partial charge is 0.0705 e. The minimum absolute atomic E-state index is 0.450. The molecule has 2 atom stereocenters. The molecule has 1 saturated carbocycles. The first-order valence-corrected chi connectivity index (χ1v) is 6.64. The average Bonchev–Trinajstić information content (AvgIpc) is 2.99. The minimum Gasteiger partial charge on any atom is -0.313 e. The molecule has 0 aliphatic heterocycles. The summed E-state index contributed by atoms with van der Waals surface area (Å²) in [6.45, 7) is 4.70. The SMILES string of the molecule is CNC(c1ccc2cccnc2c1)C1CC1(C)C. The van der Waals surface area contributed by atoms with Crippen LogP contribution < -0.4 is 5.32 Å². The molecule has 2 unspecified atom stereocenters. The molecule has 2 heteroatoms. The van der Waals surface area contributed by atoms with Gasteiger partial charge < -0.3 is 5.32 Å². The summed E-state index contributed by atoms with van der Waals surface area (Å²) in [7, 11) is 2.06. The second-order valence-corrected chi connectivity index (χ2v) is 6.02. The summed E-state index contributed by atoms with van der Waals surface area (Å²) in [5, 5.41) is 4.69. The molecule has 94 valence electrons. The number of hydrogen-bond acceptors (Lipinski definition) is 2. The molecule has 1 aromatic carbocycles. The Morgan fingerprint density at radius 1 is 1.33 bits per heavy atom. The van der Waals surface area contributed by atoms with E-state index in [9.17, 15) is 0 Å². The van der Waals surface area contributed by atoms with Crippen LogP contribution in [0.25, 0.3) is 10.9 Å². The van der Waals surface area contributed by atoms with Crippen molar-refractivity contribution in [3.8, 4) is 0 Å². The summed E-state index contributed by atoms with van der Waals surface area (Å²) >= 11 is 0. The predicted molar refractivity (Wildman–Crippen MR) is 75.4 cm³/mol. The number of fused-ring (bicyclic) bond motifs is 1. The van der Waals surface area contributed by atoms with Crippen LogP contribution in [-0.4, -0.2) is 12.0 Å². The molecular formula is C16H20N2. The zero-order valence-electron chi connectivity index (χ0n) is 11.3. The average molecular weight is 240 g/mol. The Labute approximate surface area is 108 Å². The molecule has 1 fully saturated rings. The lowest BCUT2D eigenvalue weighted by Gasteiger charge is -2.19. The normalized spacial score (nSPS) is 22.9. The Morgan fingerprint density at radius 2 is 2.11 bits per heavy atom. The molecule has 1 N–H and O–H groups in total. The van der Waals surface area contributed by atoms with Crippen molar-refractivity contribution < 1.29 is 0 Å². The molecule has 0 saturated heterocycles. The van der Waals surface area contributed by atoms with E-state index >= 15 is 0 Å². The lowest BCUT2D eigenvalue weighted by Crippen LogP contribution is -2.20. The third-order valence-electron chi connectivity index (χ3n) is 4.29. The van der Waals surface area contributed by atoms with Crippen molar-refractivity contribution in [2.45, 2.75) is 26.3 Å². The van der Waals surface area contributed by atoms with Crippen LogP contribution in [-0.2, 0) is 0 Å². The molecule has 1 aromatic heterocycles. The Morgan fingerprint density at radius 3 is 2.78 bits per heavy atom. The zero-order chi connectivity index (χ0) is 12.8. The van der Waals surface area contributed by atoms with Gasteiger partial charge in [-0.15, -0.1) is 0 Å². The molecule has 2 nitrogen and oxygen atoms in total. The van der Waals surface area contributed by atoms with Crippen molar-refractivity contribution in [2.24, 2.45) is 11.3 Å². The summed E-state index contributed by atoms with van der Waals surface area (Å²) in [5.74, 6) is 0.740.